The number of rotatable bonds is 8. The number of amides is 2. The van der Waals surface area contributed by atoms with Gasteiger partial charge >= 0.3 is 0 Å². The van der Waals surface area contributed by atoms with Crippen LogP contribution in [0.2, 0.25) is 5.02 Å². The quantitative estimate of drug-likeness (QED) is 0.729. The van der Waals surface area contributed by atoms with Gasteiger partial charge < -0.3 is 15.5 Å². The van der Waals surface area contributed by atoms with Gasteiger partial charge in [0.05, 0.1) is 0 Å². The highest BCUT2D eigenvalue weighted by molar-refractivity contribution is 6.30. The first-order valence-corrected chi connectivity index (χ1v) is 9.60. The molecule has 3 N–H and O–H groups in total. The Morgan fingerprint density at radius 2 is 1.63 bits per heavy atom. The predicted octanol–water partition coefficient (Wildman–Crippen LogP) is 3.09. The Morgan fingerprint density at radius 1 is 1.04 bits per heavy atom. The fraction of sp³-hybridized carbons (Fsp3) is 0.333. The molecule has 0 aliphatic carbocycles. The first kappa shape index (κ1) is 20.9. The minimum absolute atomic E-state index is 0.00278. The second-order valence-electron chi connectivity index (χ2n) is 6.38. The SMILES string of the molecule is CCN(CC)C(=O)c1ccc(NC(=O)C[NH2+][C@@H](C)c2ccc(Cl)cc2)cc1. The predicted molar refractivity (Wildman–Crippen MR) is 109 cm³/mol. The highest BCUT2D eigenvalue weighted by Crippen LogP contribution is 2.14. The zero-order valence-corrected chi connectivity index (χ0v) is 16.8. The van der Waals surface area contributed by atoms with Crippen LogP contribution in [0.3, 0.4) is 0 Å². The Balaban J connectivity index is 1.86. The van der Waals surface area contributed by atoms with Crippen molar-refractivity contribution < 1.29 is 14.9 Å². The molecule has 0 saturated carbocycles. The van der Waals surface area contributed by atoms with Gasteiger partial charge in [-0.2, -0.15) is 0 Å². The van der Waals surface area contributed by atoms with Gasteiger partial charge in [0, 0.05) is 34.9 Å². The Hall–Kier alpha value is -2.37. The van der Waals surface area contributed by atoms with Crippen LogP contribution in [0.15, 0.2) is 48.5 Å². The number of halogens is 1. The van der Waals surface area contributed by atoms with E-state index in [2.05, 4.69) is 5.32 Å². The highest BCUT2D eigenvalue weighted by atomic mass is 35.5. The van der Waals surface area contributed by atoms with E-state index in [0.717, 1.165) is 5.56 Å². The van der Waals surface area contributed by atoms with E-state index in [-0.39, 0.29) is 17.9 Å². The number of benzene rings is 2. The molecule has 0 bridgehead atoms. The molecule has 0 unspecified atom stereocenters. The molecule has 144 valence electrons. The molecule has 0 aliphatic rings. The third-order valence-corrected chi connectivity index (χ3v) is 4.77. The van der Waals surface area contributed by atoms with Crippen LogP contribution in [0.4, 0.5) is 5.69 Å². The standard InChI is InChI=1S/C21H26ClN3O2/c1-4-25(5-2)21(27)17-8-12-19(13-9-17)24-20(26)14-23-15(3)16-6-10-18(22)11-7-16/h6-13,15,23H,4-5,14H2,1-3H3,(H,24,26)/p+1/t15-/m0/s1. The van der Waals surface area contributed by atoms with Crippen molar-refractivity contribution >= 4 is 29.1 Å². The van der Waals surface area contributed by atoms with Crippen LogP contribution < -0.4 is 10.6 Å². The number of nitrogens with zero attached hydrogens (tertiary/aromatic N) is 1. The number of hydrogen-bond donors (Lipinski definition) is 2. The van der Waals surface area contributed by atoms with Gasteiger partial charge in [-0.1, -0.05) is 23.7 Å². The lowest BCUT2D eigenvalue weighted by Crippen LogP contribution is -2.86. The van der Waals surface area contributed by atoms with E-state index in [1.807, 2.05) is 50.4 Å². The molecule has 0 saturated heterocycles. The normalized spacial score (nSPS) is 11.7. The molecule has 0 aromatic heterocycles. The van der Waals surface area contributed by atoms with E-state index >= 15 is 0 Å². The summed E-state index contributed by atoms with van der Waals surface area (Å²) in [6.07, 6.45) is 0. The van der Waals surface area contributed by atoms with Gasteiger partial charge in [-0.05, 0) is 57.2 Å². The van der Waals surface area contributed by atoms with Gasteiger partial charge in [-0.3, -0.25) is 9.59 Å². The van der Waals surface area contributed by atoms with Crippen molar-refractivity contribution in [2.24, 2.45) is 0 Å². The third-order valence-electron chi connectivity index (χ3n) is 4.52. The lowest BCUT2D eigenvalue weighted by atomic mass is 10.1. The summed E-state index contributed by atoms with van der Waals surface area (Å²) in [5.74, 6) is -0.0818. The second kappa shape index (κ2) is 10.1. The Kier molecular flexibility index (Phi) is 7.82. The van der Waals surface area contributed by atoms with Crippen LogP contribution in [0.5, 0.6) is 0 Å². The largest absolute Gasteiger partial charge is 0.339 e. The number of carbonyl (C=O) groups excluding carboxylic acids is 2. The number of hydrogen-bond acceptors (Lipinski definition) is 2. The molecule has 0 radical (unpaired) electrons. The average Bonchev–Trinajstić information content (AvgIpc) is 2.68. The van der Waals surface area contributed by atoms with Gasteiger partial charge in [-0.25, -0.2) is 0 Å². The summed E-state index contributed by atoms with van der Waals surface area (Å²) in [5.41, 5.74) is 2.43. The number of anilines is 1. The first-order valence-electron chi connectivity index (χ1n) is 9.22. The third kappa shape index (κ3) is 6.08. The van der Waals surface area contributed by atoms with E-state index in [1.165, 1.54) is 0 Å². The van der Waals surface area contributed by atoms with Crippen LogP contribution in [-0.4, -0.2) is 36.3 Å². The molecule has 0 spiro atoms. The Morgan fingerprint density at radius 3 is 2.19 bits per heavy atom. The molecule has 0 aliphatic heterocycles. The molecule has 5 nitrogen and oxygen atoms in total. The van der Waals surface area contributed by atoms with Crippen molar-refractivity contribution in [2.45, 2.75) is 26.8 Å². The minimum atomic E-state index is -0.0846. The summed E-state index contributed by atoms with van der Waals surface area (Å²) >= 11 is 5.90. The van der Waals surface area contributed by atoms with E-state index in [0.29, 0.717) is 35.9 Å². The molecule has 27 heavy (non-hydrogen) atoms. The van der Waals surface area contributed by atoms with Crippen molar-refractivity contribution in [3.05, 3.63) is 64.7 Å². The molecular weight excluding hydrogens is 362 g/mol. The van der Waals surface area contributed by atoms with Gasteiger partial charge in [-0.15, -0.1) is 0 Å². The number of quaternary nitrogens is 1. The highest BCUT2D eigenvalue weighted by Gasteiger charge is 2.14. The van der Waals surface area contributed by atoms with Crippen molar-refractivity contribution in [2.75, 3.05) is 25.0 Å². The smallest absolute Gasteiger partial charge is 0.279 e. The van der Waals surface area contributed by atoms with E-state index in [9.17, 15) is 9.59 Å². The molecule has 2 rings (SSSR count). The number of nitrogens with one attached hydrogen (secondary N) is 1. The lowest BCUT2D eigenvalue weighted by Gasteiger charge is -2.18. The summed E-state index contributed by atoms with van der Waals surface area (Å²) in [6, 6.07) is 14.8. The van der Waals surface area contributed by atoms with Crippen LogP contribution >= 0.6 is 11.6 Å². The summed E-state index contributed by atoms with van der Waals surface area (Å²) in [7, 11) is 0. The van der Waals surface area contributed by atoms with E-state index < -0.39 is 0 Å². The van der Waals surface area contributed by atoms with Crippen LogP contribution in [0.1, 0.15) is 42.7 Å². The van der Waals surface area contributed by atoms with Crippen LogP contribution in [0.25, 0.3) is 0 Å². The summed E-state index contributed by atoms with van der Waals surface area (Å²) < 4.78 is 0. The fourth-order valence-electron chi connectivity index (χ4n) is 2.79. The van der Waals surface area contributed by atoms with Gasteiger partial charge in [0.1, 0.15) is 6.04 Å². The molecule has 0 fully saturated rings. The van der Waals surface area contributed by atoms with Crippen molar-refractivity contribution in [3.63, 3.8) is 0 Å². The molecular formula is C21H27ClN3O2+. The molecule has 6 heteroatoms. The van der Waals surface area contributed by atoms with Crippen LogP contribution in [-0.2, 0) is 4.79 Å². The Bertz CT molecular complexity index is 756. The topological polar surface area (TPSA) is 66.0 Å². The minimum Gasteiger partial charge on any atom is -0.339 e. The lowest BCUT2D eigenvalue weighted by molar-refractivity contribution is -0.682. The van der Waals surface area contributed by atoms with Crippen molar-refractivity contribution in [1.29, 1.82) is 0 Å². The maximum Gasteiger partial charge on any atom is 0.279 e. The fourth-order valence-corrected chi connectivity index (χ4v) is 2.91. The monoisotopic (exact) mass is 388 g/mol. The molecule has 2 aromatic carbocycles. The maximum absolute atomic E-state index is 12.3. The zero-order valence-electron chi connectivity index (χ0n) is 16.0. The molecule has 2 aromatic rings. The van der Waals surface area contributed by atoms with Crippen molar-refractivity contribution in [1.82, 2.24) is 4.90 Å². The van der Waals surface area contributed by atoms with Crippen LogP contribution in [0, 0.1) is 0 Å². The Labute approximate surface area is 165 Å². The molecule has 2 amide bonds. The zero-order chi connectivity index (χ0) is 19.8. The molecule has 1 atom stereocenters. The van der Waals surface area contributed by atoms with Crippen molar-refractivity contribution in [3.8, 4) is 0 Å². The van der Waals surface area contributed by atoms with E-state index in [4.69, 9.17) is 11.6 Å². The second-order valence-corrected chi connectivity index (χ2v) is 6.82. The van der Waals surface area contributed by atoms with E-state index in [1.54, 1.807) is 29.2 Å². The summed E-state index contributed by atoms with van der Waals surface area (Å²) in [4.78, 5) is 26.2. The summed E-state index contributed by atoms with van der Waals surface area (Å²) in [6.45, 7) is 7.62. The number of nitrogens with two attached hydrogens (primary N) is 1. The first-order chi connectivity index (χ1) is 12.9. The summed E-state index contributed by atoms with van der Waals surface area (Å²) in [5, 5.41) is 5.53. The van der Waals surface area contributed by atoms with Gasteiger partial charge in [0.15, 0.2) is 6.54 Å². The van der Waals surface area contributed by atoms with Gasteiger partial charge in [0.25, 0.3) is 11.8 Å². The average molecular weight is 389 g/mol. The molecule has 0 heterocycles. The number of carbonyl (C=O) groups is 2. The maximum atomic E-state index is 12.3. The van der Waals surface area contributed by atoms with Gasteiger partial charge in [0.2, 0.25) is 0 Å².